The lowest BCUT2D eigenvalue weighted by atomic mass is 10.1. The fraction of sp³-hybridized carbons (Fsp3) is 0.538. The van der Waals surface area contributed by atoms with Gasteiger partial charge in [-0.2, -0.15) is 0 Å². The summed E-state index contributed by atoms with van der Waals surface area (Å²) in [4.78, 5) is 2.30. The highest BCUT2D eigenvalue weighted by atomic mass is 16.3. The Labute approximate surface area is 92.5 Å². The number of phenolic OH excluding ortho intramolecular Hbond substituents is 1. The van der Waals surface area contributed by atoms with E-state index < -0.39 is 0 Å². The summed E-state index contributed by atoms with van der Waals surface area (Å²) in [6.07, 6.45) is 0. The first-order chi connectivity index (χ1) is 7.08. The van der Waals surface area contributed by atoms with Gasteiger partial charge < -0.3 is 5.11 Å². The van der Waals surface area contributed by atoms with Crippen molar-refractivity contribution >= 4 is 0 Å². The summed E-state index contributed by atoms with van der Waals surface area (Å²) in [5.74, 6) is 0.451. The summed E-state index contributed by atoms with van der Waals surface area (Å²) in [6.45, 7) is 11.2. The zero-order valence-corrected chi connectivity index (χ0v) is 10.2. The van der Waals surface area contributed by atoms with Crippen molar-refractivity contribution in [2.75, 3.05) is 13.1 Å². The van der Waals surface area contributed by atoms with Crippen LogP contribution >= 0.6 is 0 Å². The molecule has 2 heteroatoms. The SMILES string of the molecule is CCN(CC)Cc1cc(C)cc(C)c1O. The second-order valence-electron chi connectivity index (χ2n) is 4.05. The van der Waals surface area contributed by atoms with Crippen molar-refractivity contribution in [3.05, 3.63) is 28.8 Å². The molecule has 2 nitrogen and oxygen atoms in total. The number of nitrogens with zero attached hydrogens (tertiary/aromatic N) is 1. The Bertz CT molecular complexity index is 330. The van der Waals surface area contributed by atoms with E-state index in [1.54, 1.807) is 0 Å². The molecule has 0 fully saturated rings. The Hall–Kier alpha value is -1.02. The quantitative estimate of drug-likeness (QED) is 0.820. The number of aromatic hydroxyl groups is 1. The first-order valence-electron chi connectivity index (χ1n) is 5.59. The number of aryl methyl sites for hydroxylation is 2. The second kappa shape index (κ2) is 5.17. The van der Waals surface area contributed by atoms with E-state index in [9.17, 15) is 5.11 Å². The molecule has 1 aromatic rings. The molecule has 0 heterocycles. The topological polar surface area (TPSA) is 23.5 Å². The maximum atomic E-state index is 9.94. The summed E-state index contributed by atoms with van der Waals surface area (Å²) < 4.78 is 0. The maximum absolute atomic E-state index is 9.94. The van der Waals surface area contributed by atoms with E-state index in [-0.39, 0.29) is 0 Å². The monoisotopic (exact) mass is 207 g/mol. The van der Waals surface area contributed by atoms with Gasteiger partial charge in [-0.15, -0.1) is 0 Å². The second-order valence-corrected chi connectivity index (χ2v) is 4.05. The van der Waals surface area contributed by atoms with Crippen LogP contribution in [0.15, 0.2) is 12.1 Å². The van der Waals surface area contributed by atoms with Crippen molar-refractivity contribution in [1.29, 1.82) is 0 Å². The zero-order valence-electron chi connectivity index (χ0n) is 10.2. The molecular weight excluding hydrogens is 186 g/mol. The third-order valence-corrected chi connectivity index (χ3v) is 2.81. The summed E-state index contributed by atoms with van der Waals surface area (Å²) in [5, 5.41) is 9.94. The lowest BCUT2D eigenvalue weighted by Gasteiger charge is -2.19. The highest BCUT2D eigenvalue weighted by Crippen LogP contribution is 2.24. The van der Waals surface area contributed by atoms with E-state index in [0.717, 1.165) is 30.8 Å². The van der Waals surface area contributed by atoms with E-state index in [1.807, 2.05) is 13.0 Å². The third kappa shape index (κ3) is 2.96. The molecule has 0 radical (unpaired) electrons. The summed E-state index contributed by atoms with van der Waals surface area (Å²) in [7, 11) is 0. The highest BCUT2D eigenvalue weighted by Gasteiger charge is 2.08. The predicted molar refractivity (Wildman–Crippen MR) is 64.2 cm³/mol. The van der Waals surface area contributed by atoms with Gasteiger partial charge in [-0.3, -0.25) is 4.90 Å². The lowest BCUT2D eigenvalue weighted by molar-refractivity contribution is 0.290. The van der Waals surface area contributed by atoms with E-state index in [4.69, 9.17) is 0 Å². The largest absolute Gasteiger partial charge is 0.507 e. The molecule has 1 aromatic carbocycles. The number of hydrogen-bond donors (Lipinski definition) is 1. The third-order valence-electron chi connectivity index (χ3n) is 2.81. The van der Waals surface area contributed by atoms with E-state index in [2.05, 4.69) is 31.7 Å². The van der Waals surface area contributed by atoms with Crippen LogP contribution in [0.2, 0.25) is 0 Å². The molecule has 15 heavy (non-hydrogen) atoms. The van der Waals surface area contributed by atoms with Gasteiger partial charge in [-0.25, -0.2) is 0 Å². The molecule has 0 aromatic heterocycles. The average Bonchev–Trinajstić information content (AvgIpc) is 2.21. The van der Waals surface area contributed by atoms with Crippen molar-refractivity contribution in [1.82, 2.24) is 4.90 Å². The molecule has 0 spiro atoms. The number of rotatable bonds is 4. The van der Waals surface area contributed by atoms with Crippen LogP contribution in [-0.4, -0.2) is 23.1 Å². The Morgan fingerprint density at radius 3 is 2.27 bits per heavy atom. The molecular formula is C13H21NO. The Morgan fingerprint density at radius 1 is 1.13 bits per heavy atom. The minimum Gasteiger partial charge on any atom is -0.507 e. The molecule has 0 bridgehead atoms. The number of phenols is 1. The van der Waals surface area contributed by atoms with Crippen LogP contribution in [0.25, 0.3) is 0 Å². The first-order valence-corrected chi connectivity index (χ1v) is 5.59. The average molecular weight is 207 g/mol. The molecule has 0 saturated carbocycles. The van der Waals surface area contributed by atoms with Gasteiger partial charge >= 0.3 is 0 Å². The molecule has 1 rings (SSSR count). The Balaban J connectivity index is 2.93. The van der Waals surface area contributed by atoms with Crippen LogP contribution in [0.3, 0.4) is 0 Å². The molecule has 0 unspecified atom stereocenters. The van der Waals surface area contributed by atoms with E-state index >= 15 is 0 Å². The van der Waals surface area contributed by atoms with Gasteiger partial charge in [0.05, 0.1) is 0 Å². The van der Waals surface area contributed by atoms with Crippen molar-refractivity contribution in [2.45, 2.75) is 34.2 Å². The van der Waals surface area contributed by atoms with Crippen LogP contribution in [0.4, 0.5) is 0 Å². The first kappa shape index (κ1) is 12.1. The molecule has 0 amide bonds. The number of hydrogen-bond acceptors (Lipinski definition) is 2. The molecule has 84 valence electrons. The molecule has 0 aliphatic carbocycles. The van der Waals surface area contributed by atoms with Gasteiger partial charge in [0.15, 0.2) is 0 Å². The fourth-order valence-corrected chi connectivity index (χ4v) is 1.86. The molecule has 1 N–H and O–H groups in total. The van der Waals surface area contributed by atoms with Gasteiger partial charge in [0.25, 0.3) is 0 Å². The van der Waals surface area contributed by atoms with Gasteiger partial charge in [-0.05, 0) is 32.5 Å². The fourth-order valence-electron chi connectivity index (χ4n) is 1.86. The van der Waals surface area contributed by atoms with Crippen molar-refractivity contribution in [3.63, 3.8) is 0 Å². The molecule has 0 atom stereocenters. The van der Waals surface area contributed by atoms with Crippen LogP contribution in [0.5, 0.6) is 5.75 Å². The summed E-state index contributed by atoms with van der Waals surface area (Å²) in [6, 6.07) is 4.09. The number of benzene rings is 1. The van der Waals surface area contributed by atoms with Gasteiger partial charge in [0.2, 0.25) is 0 Å². The molecule has 0 saturated heterocycles. The molecule has 0 aliphatic rings. The summed E-state index contributed by atoms with van der Waals surface area (Å²) >= 11 is 0. The van der Waals surface area contributed by atoms with Crippen molar-refractivity contribution in [2.24, 2.45) is 0 Å². The minimum absolute atomic E-state index is 0.451. The lowest BCUT2D eigenvalue weighted by Crippen LogP contribution is -2.22. The Kier molecular flexibility index (Phi) is 4.15. The normalized spacial score (nSPS) is 11.0. The molecule has 0 aliphatic heterocycles. The maximum Gasteiger partial charge on any atom is 0.122 e. The predicted octanol–water partition coefficient (Wildman–Crippen LogP) is 2.85. The summed E-state index contributed by atoms with van der Waals surface area (Å²) in [5.41, 5.74) is 3.22. The van der Waals surface area contributed by atoms with E-state index in [1.165, 1.54) is 5.56 Å². The Morgan fingerprint density at radius 2 is 1.73 bits per heavy atom. The van der Waals surface area contributed by atoms with Crippen LogP contribution in [-0.2, 0) is 6.54 Å². The van der Waals surface area contributed by atoms with Crippen LogP contribution < -0.4 is 0 Å². The highest BCUT2D eigenvalue weighted by molar-refractivity contribution is 5.42. The van der Waals surface area contributed by atoms with Gasteiger partial charge in [0, 0.05) is 12.1 Å². The van der Waals surface area contributed by atoms with Gasteiger partial charge in [0.1, 0.15) is 5.75 Å². The zero-order chi connectivity index (χ0) is 11.4. The standard InChI is InChI=1S/C13H21NO/c1-5-14(6-2)9-12-8-10(3)7-11(4)13(12)15/h7-8,15H,5-6,9H2,1-4H3. The smallest absolute Gasteiger partial charge is 0.122 e. The van der Waals surface area contributed by atoms with Crippen LogP contribution in [0.1, 0.15) is 30.5 Å². The van der Waals surface area contributed by atoms with Gasteiger partial charge in [-0.1, -0.05) is 31.5 Å². The van der Waals surface area contributed by atoms with Crippen molar-refractivity contribution < 1.29 is 5.11 Å². The van der Waals surface area contributed by atoms with E-state index in [0.29, 0.717) is 5.75 Å². The van der Waals surface area contributed by atoms with Crippen molar-refractivity contribution in [3.8, 4) is 5.75 Å². The minimum atomic E-state index is 0.451. The van der Waals surface area contributed by atoms with Crippen LogP contribution in [0, 0.1) is 13.8 Å².